The molecule has 0 saturated carbocycles. The Kier molecular flexibility index (Phi) is 7.36. The highest BCUT2D eigenvalue weighted by atomic mass is 16.5. The molecular weight excluding hydrogens is 254 g/mol. The van der Waals surface area contributed by atoms with Gasteiger partial charge in [0.2, 0.25) is 0 Å². The van der Waals surface area contributed by atoms with E-state index in [9.17, 15) is 0 Å². The SMILES string of the molecule is CCOc1ccc(C(CCN(C)C)NN)cc1OCC. The predicted molar refractivity (Wildman–Crippen MR) is 82.0 cm³/mol. The van der Waals surface area contributed by atoms with Crippen LogP contribution < -0.4 is 20.7 Å². The molecule has 20 heavy (non-hydrogen) atoms. The first-order valence-electron chi connectivity index (χ1n) is 7.12. The summed E-state index contributed by atoms with van der Waals surface area (Å²) in [6.45, 7) is 6.13. The van der Waals surface area contributed by atoms with Gasteiger partial charge in [-0.1, -0.05) is 6.07 Å². The number of ether oxygens (including phenoxy) is 2. The first-order valence-corrected chi connectivity index (χ1v) is 7.12. The van der Waals surface area contributed by atoms with Gasteiger partial charge in [-0.3, -0.25) is 11.3 Å². The zero-order valence-corrected chi connectivity index (χ0v) is 13.0. The third-order valence-electron chi connectivity index (χ3n) is 3.04. The molecule has 1 aromatic carbocycles. The summed E-state index contributed by atoms with van der Waals surface area (Å²) in [6, 6.07) is 6.10. The molecule has 0 amide bonds. The molecule has 0 saturated heterocycles. The fraction of sp³-hybridized carbons (Fsp3) is 0.600. The molecular formula is C15H27N3O2. The summed E-state index contributed by atoms with van der Waals surface area (Å²) < 4.78 is 11.2. The fourth-order valence-electron chi connectivity index (χ4n) is 2.02. The van der Waals surface area contributed by atoms with E-state index in [2.05, 4.69) is 24.4 Å². The van der Waals surface area contributed by atoms with Gasteiger partial charge in [-0.25, -0.2) is 0 Å². The first kappa shape index (κ1) is 16.8. The number of rotatable bonds is 9. The average molecular weight is 281 g/mol. The van der Waals surface area contributed by atoms with E-state index in [1.807, 2.05) is 32.0 Å². The van der Waals surface area contributed by atoms with Gasteiger partial charge in [0, 0.05) is 6.04 Å². The van der Waals surface area contributed by atoms with E-state index in [0.29, 0.717) is 13.2 Å². The number of benzene rings is 1. The Labute approximate surface area is 122 Å². The zero-order valence-electron chi connectivity index (χ0n) is 13.0. The zero-order chi connectivity index (χ0) is 15.0. The van der Waals surface area contributed by atoms with Gasteiger partial charge in [0.1, 0.15) is 0 Å². The lowest BCUT2D eigenvalue weighted by Gasteiger charge is -2.20. The number of hydrazine groups is 1. The van der Waals surface area contributed by atoms with Gasteiger partial charge >= 0.3 is 0 Å². The monoisotopic (exact) mass is 281 g/mol. The van der Waals surface area contributed by atoms with E-state index >= 15 is 0 Å². The molecule has 0 aromatic heterocycles. The van der Waals surface area contributed by atoms with Crippen LogP contribution in [0.2, 0.25) is 0 Å². The number of nitrogens with one attached hydrogen (secondary N) is 1. The van der Waals surface area contributed by atoms with Gasteiger partial charge < -0.3 is 14.4 Å². The van der Waals surface area contributed by atoms with Crippen molar-refractivity contribution in [1.29, 1.82) is 0 Å². The van der Waals surface area contributed by atoms with Crippen molar-refractivity contribution in [2.75, 3.05) is 33.9 Å². The maximum absolute atomic E-state index is 5.67. The Bertz CT molecular complexity index is 397. The molecule has 114 valence electrons. The smallest absolute Gasteiger partial charge is 0.161 e. The maximum Gasteiger partial charge on any atom is 0.161 e. The second-order valence-electron chi connectivity index (χ2n) is 4.88. The predicted octanol–water partition coefficient (Wildman–Crippen LogP) is 1.94. The lowest BCUT2D eigenvalue weighted by Crippen LogP contribution is -2.30. The van der Waals surface area contributed by atoms with Crippen LogP contribution in [-0.4, -0.2) is 38.8 Å². The summed E-state index contributed by atoms with van der Waals surface area (Å²) in [4.78, 5) is 2.14. The van der Waals surface area contributed by atoms with Gasteiger partial charge in [-0.15, -0.1) is 0 Å². The van der Waals surface area contributed by atoms with Crippen LogP contribution in [0.5, 0.6) is 11.5 Å². The Morgan fingerprint density at radius 2 is 1.80 bits per heavy atom. The maximum atomic E-state index is 5.67. The van der Waals surface area contributed by atoms with Crippen LogP contribution in [0.15, 0.2) is 18.2 Å². The van der Waals surface area contributed by atoms with Crippen molar-refractivity contribution in [1.82, 2.24) is 10.3 Å². The second-order valence-corrected chi connectivity index (χ2v) is 4.88. The largest absolute Gasteiger partial charge is 0.490 e. The average Bonchev–Trinajstić information content (AvgIpc) is 2.42. The third kappa shape index (κ3) is 5.00. The summed E-state index contributed by atoms with van der Waals surface area (Å²) in [5.41, 5.74) is 3.98. The molecule has 0 heterocycles. The first-order chi connectivity index (χ1) is 9.62. The number of nitrogens with zero attached hydrogens (tertiary/aromatic N) is 1. The molecule has 1 rings (SSSR count). The van der Waals surface area contributed by atoms with Crippen LogP contribution >= 0.6 is 0 Å². The van der Waals surface area contributed by atoms with Crippen molar-refractivity contribution < 1.29 is 9.47 Å². The number of hydrogen-bond acceptors (Lipinski definition) is 5. The van der Waals surface area contributed by atoms with Gasteiger partial charge in [0.05, 0.1) is 13.2 Å². The molecule has 1 atom stereocenters. The van der Waals surface area contributed by atoms with Crippen LogP contribution in [0, 0.1) is 0 Å². The molecule has 0 aliphatic heterocycles. The molecule has 5 heteroatoms. The molecule has 0 fully saturated rings. The highest BCUT2D eigenvalue weighted by Gasteiger charge is 2.13. The van der Waals surface area contributed by atoms with Crippen molar-refractivity contribution in [2.24, 2.45) is 5.84 Å². The van der Waals surface area contributed by atoms with E-state index in [4.69, 9.17) is 15.3 Å². The molecule has 1 unspecified atom stereocenters. The highest BCUT2D eigenvalue weighted by molar-refractivity contribution is 5.44. The van der Waals surface area contributed by atoms with Crippen LogP contribution in [-0.2, 0) is 0 Å². The normalized spacial score (nSPS) is 12.5. The quantitative estimate of drug-likeness (QED) is 0.535. The third-order valence-corrected chi connectivity index (χ3v) is 3.04. The van der Waals surface area contributed by atoms with Crippen LogP contribution in [0.25, 0.3) is 0 Å². The Hall–Kier alpha value is -1.30. The molecule has 0 radical (unpaired) electrons. The minimum atomic E-state index is 0.104. The van der Waals surface area contributed by atoms with E-state index in [0.717, 1.165) is 30.0 Å². The van der Waals surface area contributed by atoms with Crippen LogP contribution in [0.4, 0.5) is 0 Å². The lowest BCUT2D eigenvalue weighted by atomic mass is 10.0. The van der Waals surface area contributed by atoms with Crippen molar-refractivity contribution in [3.05, 3.63) is 23.8 Å². The van der Waals surface area contributed by atoms with E-state index in [-0.39, 0.29) is 6.04 Å². The molecule has 0 spiro atoms. The van der Waals surface area contributed by atoms with Crippen LogP contribution in [0.1, 0.15) is 31.9 Å². The lowest BCUT2D eigenvalue weighted by molar-refractivity contribution is 0.286. The van der Waals surface area contributed by atoms with Gasteiger partial charge in [0.15, 0.2) is 11.5 Å². The molecule has 3 N–H and O–H groups in total. The minimum Gasteiger partial charge on any atom is -0.490 e. The minimum absolute atomic E-state index is 0.104. The molecule has 0 aliphatic rings. The van der Waals surface area contributed by atoms with Crippen molar-refractivity contribution in [3.63, 3.8) is 0 Å². The van der Waals surface area contributed by atoms with E-state index in [1.54, 1.807) is 0 Å². The van der Waals surface area contributed by atoms with Crippen LogP contribution in [0.3, 0.4) is 0 Å². The summed E-state index contributed by atoms with van der Waals surface area (Å²) in [5, 5.41) is 0. The van der Waals surface area contributed by atoms with E-state index in [1.165, 1.54) is 0 Å². The molecule has 0 bridgehead atoms. The fourth-order valence-corrected chi connectivity index (χ4v) is 2.02. The topological polar surface area (TPSA) is 59.8 Å². The van der Waals surface area contributed by atoms with Crippen molar-refractivity contribution >= 4 is 0 Å². The second kappa shape index (κ2) is 8.79. The van der Waals surface area contributed by atoms with Gasteiger partial charge in [-0.05, 0) is 58.6 Å². The molecule has 5 nitrogen and oxygen atoms in total. The number of nitrogens with two attached hydrogens (primary N) is 1. The summed E-state index contributed by atoms with van der Waals surface area (Å²) in [7, 11) is 4.11. The highest BCUT2D eigenvalue weighted by Crippen LogP contribution is 2.31. The standard InChI is InChI=1S/C15H27N3O2/c1-5-19-14-8-7-12(11-15(14)20-6-2)13(17-16)9-10-18(3)4/h7-8,11,13,17H,5-6,9-10,16H2,1-4H3. The molecule has 0 aliphatic carbocycles. The van der Waals surface area contributed by atoms with Crippen molar-refractivity contribution in [2.45, 2.75) is 26.3 Å². The number of hydrogen-bond donors (Lipinski definition) is 2. The molecule has 1 aromatic rings. The summed E-state index contributed by atoms with van der Waals surface area (Å²) in [6.07, 6.45) is 0.934. The van der Waals surface area contributed by atoms with Gasteiger partial charge in [0.25, 0.3) is 0 Å². The van der Waals surface area contributed by atoms with E-state index < -0.39 is 0 Å². The Morgan fingerprint density at radius 1 is 1.15 bits per heavy atom. The Morgan fingerprint density at radius 3 is 2.35 bits per heavy atom. The van der Waals surface area contributed by atoms with Crippen molar-refractivity contribution in [3.8, 4) is 11.5 Å². The summed E-state index contributed by atoms with van der Waals surface area (Å²) in [5.74, 6) is 7.23. The Balaban J connectivity index is 2.89. The van der Waals surface area contributed by atoms with Gasteiger partial charge in [-0.2, -0.15) is 0 Å². The summed E-state index contributed by atoms with van der Waals surface area (Å²) >= 11 is 0.